The minimum atomic E-state index is 0.660. The fourth-order valence-corrected chi connectivity index (χ4v) is 14.0. The van der Waals surface area contributed by atoms with Gasteiger partial charge in [-0.2, -0.15) is 0 Å². The summed E-state index contributed by atoms with van der Waals surface area (Å²) in [7, 11) is 0. The third-order valence-corrected chi connectivity index (χ3v) is 17.9. The van der Waals surface area contributed by atoms with Gasteiger partial charge in [-0.3, -0.25) is 9.13 Å². The van der Waals surface area contributed by atoms with Crippen molar-refractivity contribution in [1.29, 1.82) is 0 Å². The van der Waals surface area contributed by atoms with E-state index in [2.05, 4.69) is 316 Å². The van der Waals surface area contributed by atoms with Crippen LogP contribution in [0.25, 0.3) is 166 Å². The van der Waals surface area contributed by atoms with E-state index in [-0.39, 0.29) is 0 Å². The molecule has 0 atom stereocenters. The van der Waals surface area contributed by atoms with Crippen molar-refractivity contribution < 1.29 is 0 Å². The molecule has 0 aliphatic heterocycles. The minimum absolute atomic E-state index is 0.660. The predicted octanol–water partition coefficient (Wildman–Crippen LogP) is 20.6. The zero-order chi connectivity index (χ0) is 59.2. The molecule has 0 spiro atoms. The van der Waals surface area contributed by atoms with Gasteiger partial charge in [-0.1, -0.05) is 231 Å². The minimum Gasteiger partial charge on any atom is -0.309 e. The maximum absolute atomic E-state index is 5.36. The average molecular weight is 1150 g/mol. The van der Waals surface area contributed by atoms with Gasteiger partial charge < -0.3 is 9.13 Å². The molecule has 8 nitrogen and oxygen atoms in total. The van der Waals surface area contributed by atoms with Crippen LogP contribution < -0.4 is 0 Å². The topological polar surface area (TPSA) is 71.3 Å². The van der Waals surface area contributed by atoms with E-state index in [1.807, 2.05) is 18.2 Å². The Labute approximate surface area is 516 Å². The summed E-state index contributed by atoms with van der Waals surface area (Å²) in [6.07, 6.45) is 0. The van der Waals surface area contributed by atoms with Crippen molar-refractivity contribution in [2.75, 3.05) is 0 Å². The number of rotatable bonds is 7. The number of hydrogen-bond acceptors (Lipinski definition) is 4. The van der Waals surface area contributed by atoms with Crippen LogP contribution in [0.1, 0.15) is 0 Å². The van der Waals surface area contributed by atoms with Gasteiger partial charge in [0.05, 0.1) is 66.6 Å². The van der Waals surface area contributed by atoms with Crippen molar-refractivity contribution in [3.63, 3.8) is 0 Å². The largest absolute Gasteiger partial charge is 0.309 e. The van der Waals surface area contributed by atoms with Gasteiger partial charge in [0.1, 0.15) is 0 Å². The molecule has 0 unspecified atom stereocenters. The molecular weight excluding hydrogens is 1100 g/mol. The van der Waals surface area contributed by atoms with Gasteiger partial charge >= 0.3 is 0 Å². The normalized spacial score (nSPS) is 11.8. The highest BCUT2D eigenvalue weighted by Crippen LogP contribution is 2.45. The summed E-state index contributed by atoms with van der Waals surface area (Å²) in [5, 5.41) is 11.8. The second-order valence-electron chi connectivity index (χ2n) is 22.9. The first kappa shape index (κ1) is 51.0. The summed E-state index contributed by atoms with van der Waals surface area (Å²) in [6.45, 7) is 0. The number of fused-ring (bicyclic) bond motifs is 16. The molecule has 0 fully saturated rings. The fourth-order valence-electron chi connectivity index (χ4n) is 14.0. The molecule has 8 heteroatoms. The molecular formula is C82H52N8. The van der Waals surface area contributed by atoms with Crippen LogP contribution in [0.2, 0.25) is 0 Å². The van der Waals surface area contributed by atoms with Crippen molar-refractivity contribution in [1.82, 2.24) is 38.2 Å². The lowest BCUT2D eigenvalue weighted by atomic mass is 10.0. The number of para-hydroxylation sites is 8. The van der Waals surface area contributed by atoms with E-state index in [0.717, 1.165) is 77.8 Å². The maximum Gasteiger partial charge on any atom is 0.235 e. The number of benzene rings is 13. The molecule has 6 aromatic heterocycles. The van der Waals surface area contributed by atoms with Crippen LogP contribution in [-0.4, -0.2) is 38.2 Å². The van der Waals surface area contributed by atoms with Crippen LogP contribution in [0.15, 0.2) is 315 Å². The Kier molecular flexibility index (Phi) is 11.7. The van der Waals surface area contributed by atoms with Gasteiger partial charge in [0, 0.05) is 76.4 Å². The van der Waals surface area contributed by atoms with Gasteiger partial charge in [-0.25, -0.2) is 19.9 Å². The quantitative estimate of drug-likeness (QED) is 0.159. The maximum atomic E-state index is 5.36. The highest BCUT2D eigenvalue weighted by molar-refractivity contribution is 6.30. The molecule has 0 radical (unpaired) electrons. The summed E-state index contributed by atoms with van der Waals surface area (Å²) < 4.78 is 9.22. The molecule has 0 aliphatic rings. The van der Waals surface area contributed by atoms with E-state index >= 15 is 0 Å². The highest BCUT2D eigenvalue weighted by atomic mass is 15.2. The first-order valence-corrected chi connectivity index (χ1v) is 30.5. The molecule has 0 N–H and O–H groups in total. The first-order valence-electron chi connectivity index (χ1n) is 30.5. The Morgan fingerprint density at radius 2 is 0.444 bits per heavy atom. The van der Waals surface area contributed by atoms with Gasteiger partial charge in [-0.15, -0.1) is 0 Å². The molecule has 420 valence electrons. The zero-order valence-corrected chi connectivity index (χ0v) is 48.6. The van der Waals surface area contributed by atoms with E-state index in [1.54, 1.807) is 0 Å². The Morgan fingerprint density at radius 3 is 0.833 bits per heavy atom. The molecule has 0 saturated heterocycles. The lowest BCUT2D eigenvalue weighted by Gasteiger charge is -2.12. The summed E-state index contributed by atoms with van der Waals surface area (Å²) >= 11 is 0. The van der Waals surface area contributed by atoms with E-state index in [1.165, 1.54) is 76.3 Å². The van der Waals surface area contributed by atoms with Gasteiger partial charge in [0.25, 0.3) is 0 Å². The summed E-state index contributed by atoms with van der Waals surface area (Å²) in [4.78, 5) is 21.0. The van der Waals surface area contributed by atoms with Gasteiger partial charge in [-0.05, 0) is 96.1 Å². The lowest BCUT2D eigenvalue weighted by Crippen LogP contribution is -2.03. The number of hydrogen-bond donors (Lipinski definition) is 0. The standard InChI is InChI=1S/C44H28N4.C38H24N4/c1-3-13-29(14-4-1)30-23-25-31(26-24-30)43-33-17-7-10-20-36(33)45-44(46-43)48-38-22-12-9-19-35(38)42-40(48)28-27-39-41(42)34-18-8-11-21-37(34)47(39)32-15-5-2-6-16-32;1-3-13-25(14-4-1)37-27-17-7-10-20-30(27)39-38(40-37)42-32-22-12-9-19-29(32)36-34(42)24-23-33-35(36)28-18-8-11-21-31(28)41(33)26-15-5-2-6-16-26/h1-28H;1-24H. The van der Waals surface area contributed by atoms with Gasteiger partial charge in [0.15, 0.2) is 0 Å². The predicted molar refractivity (Wildman–Crippen MR) is 373 cm³/mol. The number of nitrogens with zero attached hydrogens (tertiary/aromatic N) is 8. The third kappa shape index (κ3) is 8.02. The number of aromatic nitrogens is 8. The molecule has 0 amide bonds. The van der Waals surface area contributed by atoms with Crippen molar-refractivity contribution in [2.24, 2.45) is 0 Å². The Hall–Kier alpha value is -12.3. The summed E-state index contributed by atoms with van der Waals surface area (Å²) in [5.74, 6) is 1.33. The van der Waals surface area contributed by atoms with E-state index in [4.69, 9.17) is 19.9 Å². The molecule has 19 rings (SSSR count). The van der Waals surface area contributed by atoms with Crippen molar-refractivity contribution >= 4 is 109 Å². The Balaban J connectivity index is 0.000000135. The van der Waals surface area contributed by atoms with Gasteiger partial charge in [0.2, 0.25) is 11.9 Å². The lowest BCUT2D eigenvalue weighted by molar-refractivity contribution is 1.01. The van der Waals surface area contributed by atoms with E-state index in [9.17, 15) is 0 Å². The monoisotopic (exact) mass is 1150 g/mol. The van der Waals surface area contributed by atoms with Crippen LogP contribution in [0.4, 0.5) is 0 Å². The van der Waals surface area contributed by atoms with E-state index in [0.29, 0.717) is 11.9 Å². The molecule has 0 saturated carbocycles. The smallest absolute Gasteiger partial charge is 0.235 e. The fraction of sp³-hybridized carbons (Fsp3) is 0. The molecule has 19 aromatic rings. The van der Waals surface area contributed by atoms with Crippen LogP contribution >= 0.6 is 0 Å². The second kappa shape index (κ2) is 20.7. The van der Waals surface area contributed by atoms with Crippen molar-refractivity contribution in [3.8, 4) is 56.9 Å². The second-order valence-corrected chi connectivity index (χ2v) is 22.9. The highest BCUT2D eigenvalue weighted by Gasteiger charge is 2.25. The van der Waals surface area contributed by atoms with Crippen LogP contribution in [-0.2, 0) is 0 Å². The summed E-state index contributed by atoms with van der Waals surface area (Å²) in [6, 6.07) is 111. The van der Waals surface area contributed by atoms with E-state index < -0.39 is 0 Å². The molecule has 0 aliphatic carbocycles. The van der Waals surface area contributed by atoms with Crippen LogP contribution in [0.3, 0.4) is 0 Å². The third-order valence-electron chi connectivity index (χ3n) is 17.9. The molecule has 90 heavy (non-hydrogen) atoms. The van der Waals surface area contributed by atoms with Crippen molar-refractivity contribution in [3.05, 3.63) is 315 Å². The average Bonchev–Trinajstić information content (AvgIpc) is 1.57. The Morgan fingerprint density at radius 1 is 0.178 bits per heavy atom. The van der Waals surface area contributed by atoms with Crippen molar-refractivity contribution in [2.45, 2.75) is 0 Å². The Bertz CT molecular complexity index is 6000. The van der Waals surface area contributed by atoms with Crippen LogP contribution in [0, 0.1) is 0 Å². The summed E-state index contributed by atoms with van der Waals surface area (Å²) in [5.41, 5.74) is 19.6. The molecule has 6 heterocycles. The first-order chi connectivity index (χ1) is 44.7. The molecule has 0 bridgehead atoms. The zero-order valence-electron chi connectivity index (χ0n) is 48.6. The SMILES string of the molecule is c1ccc(-c2ccc(-c3nc(-n4c5ccccc5c5c6c7ccccc7n(-c7ccccc7)c6ccc54)nc4ccccc34)cc2)cc1.c1ccc(-c2nc(-n3c4ccccc4c4c5c6ccccc6n(-c6ccccc6)c5ccc43)nc3ccccc23)cc1. The van der Waals surface area contributed by atoms with Crippen LogP contribution in [0.5, 0.6) is 0 Å². The molecule has 13 aromatic carbocycles.